The van der Waals surface area contributed by atoms with Crippen molar-refractivity contribution < 1.29 is 24.4 Å². The van der Waals surface area contributed by atoms with Crippen molar-refractivity contribution in [3.8, 4) is 0 Å². The Bertz CT molecular complexity index is 970. The van der Waals surface area contributed by atoms with Crippen LogP contribution in [0.15, 0.2) is 42.5 Å². The fourth-order valence-corrected chi connectivity index (χ4v) is 3.04. The van der Waals surface area contributed by atoms with E-state index < -0.39 is 16.8 Å². The summed E-state index contributed by atoms with van der Waals surface area (Å²) in [6, 6.07) is 10.2. The van der Waals surface area contributed by atoms with Crippen molar-refractivity contribution in [3.05, 3.63) is 63.7 Å². The van der Waals surface area contributed by atoms with Crippen molar-refractivity contribution in [2.24, 2.45) is 5.92 Å². The number of carboxylic acid groups (broad SMARTS) is 1. The summed E-state index contributed by atoms with van der Waals surface area (Å²) < 4.78 is 0. The molecule has 1 saturated heterocycles. The van der Waals surface area contributed by atoms with Crippen LogP contribution in [-0.4, -0.2) is 34.4 Å². The molecular formula is C19H17N3O6. The van der Waals surface area contributed by atoms with E-state index in [-0.39, 0.29) is 36.0 Å². The summed E-state index contributed by atoms with van der Waals surface area (Å²) in [7, 11) is 0. The third kappa shape index (κ3) is 3.83. The van der Waals surface area contributed by atoms with E-state index in [1.807, 2.05) is 0 Å². The number of carbonyl (C=O) groups excluding carboxylic acids is 2. The van der Waals surface area contributed by atoms with E-state index in [2.05, 4.69) is 5.32 Å². The number of nitro benzene ring substituents is 1. The lowest BCUT2D eigenvalue weighted by Crippen LogP contribution is -2.28. The molecule has 9 nitrogen and oxygen atoms in total. The Kier molecular flexibility index (Phi) is 5.08. The van der Waals surface area contributed by atoms with E-state index in [0.717, 1.165) is 0 Å². The highest BCUT2D eigenvalue weighted by molar-refractivity contribution is 6.03. The van der Waals surface area contributed by atoms with E-state index in [1.54, 1.807) is 19.1 Å². The fourth-order valence-electron chi connectivity index (χ4n) is 3.04. The molecule has 0 spiro atoms. The minimum Gasteiger partial charge on any atom is -0.478 e. The lowest BCUT2D eigenvalue weighted by atomic mass is 10.1. The van der Waals surface area contributed by atoms with Gasteiger partial charge >= 0.3 is 5.97 Å². The van der Waals surface area contributed by atoms with Crippen LogP contribution in [0.25, 0.3) is 0 Å². The van der Waals surface area contributed by atoms with Gasteiger partial charge in [-0.1, -0.05) is 6.07 Å². The van der Waals surface area contributed by atoms with Gasteiger partial charge in [-0.3, -0.25) is 19.7 Å². The van der Waals surface area contributed by atoms with Crippen LogP contribution in [0, 0.1) is 23.0 Å². The summed E-state index contributed by atoms with van der Waals surface area (Å²) in [5, 5.41) is 22.7. The quantitative estimate of drug-likeness (QED) is 0.603. The molecule has 28 heavy (non-hydrogen) atoms. The smallest absolute Gasteiger partial charge is 0.335 e. The van der Waals surface area contributed by atoms with Crippen molar-refractivity contribution in [1.29, 1.82) is 0 Å². The number of nitrogens with one attached hydrogen (secondary N) is 1. The molecular weight excluding hydrogens is 366 g/mol. The van der Waals surface area contributed by atoms with Gasteiger partial charge in [0.2, 0.25) is 11.8 Å². The molecule has 144 valence electrons. The first kappa shape index (κ1) is 19.0. The van der Waals surface area contributed by atoms with Gasteiger partial charge in [-0.25, -0.2) is 4.79 Å². The maximum atomic E-state index is 12.5. The normalized spacial score (nSPS) is 16.1. The molecule has 1 aliphatic rings. The summed E-state index contributed by atoms with van der Waals surface area (Å²) in [5.41, 5.74) is 1.30. The monoisotopic (exact) mass is 383 g/mol. The summed E-state index contributed by atoms with van der Waals surface area (Å²) in [5.74, 6) is -2.35. The first-order valence-electron chi connectivity index (χ1n) is 8.46. The predicted octanol–water partition coefficient (Wildman–Crippen LogP) is 2.59. The van der Waals surface area contributed by atoms with Crippen LogP contribution in [0.2, 0.25) is 0 Å². The molecule has 1 fully saturated rings. The fraction of sp³-hybridized carbons (Fsp3) is 0.211. The highest BCUT2D eigenvalue weighted by Gasteiger charge is 2.35. The van der Waals surface area contributed by atoms with Crippen molar-refractivity contribution >= 4 is 34.8 Å². The second-order valence-electron chi connectivity index (χ2n) is 6.51. The number of nitro groups is 1. The third-order valence-corrected chi connectivity index (χ3v) is 4.60. The zero-order valence-electron chi connectivity index (χ0n) is 14.9. The Morgan fingerprint density at radius 3 is 2.50 bits per heavy atom. The number of aryl methyl sites for hydroxylation is 1. The van der Waals surface area contributed by atoms with Crippen molar-refractivity contribution in [2.45, 2.75) is 13.3 Å². The van der Waals surface area contributed by atoms with Crippen molar-refractivity contribution in [1.82, 2.24) is 0 Å². The number of benzene rings is 2. The maximum absolute atomic E-state index is 12.5. The second-order valence-corrected chi connectivity index (χ2v) is 6.51. The highest BCUT2D eigenvalue weighted by atomic mass is 16.6. The Morgan fingerprint density at radius 1 is 1.21 bits per heavy atom. The summed E-state index contributed by atoms with van der Waals surface area (Å²) >= 11 is 0. The number of rotatable bonds is 5. The van der Waals surface area contributed by atoms with E-state index >= 15 is 0 Å². The van der Waals surface area contributed by atoms with E-state index in [1.165, 1.54) is 35.2 Å². The zero-order chi connectivity index (χ0) is 20.4. The third-order valence-electron chi connectivity index (χ3n) is 4.60. The van der Waals surface area contributed by atoms with Crippen molar-refractivity contribution in [2.75, 3.05) is 16.8 Å². The van der Waals surface area contributed by atoms with Crippen LogP contribution >= 0.6 is 0 Å². The van der Waals surface area contributed by atoms with Gasteiger partial charge in [-0.2, -0.15) is 0 Å². The minimum absolute atomic E-state index is 0.0132. The standard InChI is InChI=1S/C19H17N3O6/c1-11-2-7-15(9-16(11)22(27)28)21-10-13(8-17(21)23)18(24)20-14-5-3-12(4-6-14)19(25)26/h2-7,9,13H,8,10H2,1H3,(H,20,24)(H,25,26)/t13-/m1/s1. The van der Waals surface area contributed by atoms with Gasteiger partial charge in [-0.05, 0) is 37.3 Å². The number of hydrogen-bond donors (Lipinski definition) is 2. The molecule has 2 N–H and O–H groups in total. The topological polar surface area (TPSA) is 130 Å². The van der Waals surface area contributed by atoms with E-state index in [4.69, 9.17) is 5.11 Å². The molecule has 1 atom stereocenters. The molecule has 2 aromatic rings. The van der Waals surface area contributed by atoms with Crippen LogP contribution in [0.5, 0.6) is 0 Å². The summed E-state index contributed by atoms with van der Waals surface area (Å²) in [4.78, 5) is 47.6. The van der Waals surface area contributed by atoms with E-state index in [0.29, 0.717) is 16.9 Å². The van der Waals surface area contributed by atoms with Gasteiger partial charge in [-0.15, -0.1) is 0 Å². The number of nitrogens with zero attached hydrogens (tertiary/aromatic N) is 2. The molecule has 3 rings (SSSR count). The first-order valence-corrected chi connectivity index (χ1v) is 8.46. The average Bonchev–Trinajstić information content (AvgIpc) is 3.04. The SMILES string of the molecule is Cc1ccc(N2C[C@H](C(=O)Nc3ccc(C(=O)O)cc3)CC2=O)cc1[N+](=O)[O-]. The molecule has 2 amide bonds. The Hall–Kier alpha value is -3.75. The number of amides is 2. The second kappa shape index (κ2) is 7.47. The van der Waals surface area contributed by atoms with Crippen LogP contribution < -0.4 is 10.2 Å². The molecule has 2 aromatic carbocycles. The van der Waals surface area contributed by atoms with Crippen LogP contribution in [0.4, 0.5) is 17.1 Å². The molecule has 0 saturated carbocycles. The molecule has 1 heterocycles. The van der Waals surface area contributed by atoms with Crippen molar-refractivity contribution in [3.63, 3.8) is 0 Å². The molecule has 0 unspecified atom stereocenters. The van der Waals surface area contributed by atoms with Gasteiger partial charge in [0, 0.05) is 30.3 Å². The largest absolute Gasteiger partial charge is 0.478 e. The molecule has 0 aliphatic carbocycles. The molecule has 0 aromatic heterocycles. The van der Waals surface area contributed by atoms with Crippen LogP contribution in [0.1, 0.15) is 22.3 Å². The summed E-state index contributed by atoms with van der Waals surface area (Å²) in [6.45, 7) is 1.72. The Balaban J connectivity index is 1.71. The number of hydrogen-bond acceptors (Lipinski definition) is 5. The number of carbonyl (C=O) groups is 3. The highest BCUT2D eigenvalue weighted by Crippen LogP contribution is 2.30. The predicted molar refractivity (Wildman–Crippen MR) is 100 cm³/mol. The molecule has 1 aliphatic heterocycles. The Labute approximate surface area is 159 Å². The lowest BCUT2D eigenvalue weighted by molar-refractivity contribution is -0.385. The van der Waals surface area contributed by atoms with Gasteiger partial charge in [0.15, 0.2) is 0 Å². The first-order chi connectivity index (χ1) is 13.3. The molecule has 0 bridgehead atoms. The average molecular weight is 383 g/mol. The number of aromatic carboxylic acids is 1. The molecule has 9 heteroatoms. The van der Waals surface area contributed by atoms with E-state index in [9.17, 15) is 24.5 Å². The van der Waals surface area contributed by atoms with Gasteiger partial charge in [0.25, 0.3) is 5.69 Å². The minimum atomic E-state index is -1.07. The zero-order valence-corrected chi connectivity index (χ0v) is 14.9. The summed E-state index contributed by atoms with van der Waals surface area (Å²) in [6.07, 6.45) is -0.0132. The van der Waals surface area contributed by atoms with Crippen LogP contribution in [-0.2, 0) is 9.59 Å². The lowest BCUT2D eigenvalue weighted by Gasteiger charge is -2.17. The van der Waals surface area contributed by atoms with Crippen LogP contribution in [0.3, 0.4) is 0 Å². The van der Waals surface area contributed by atoms with Gasteiger partial charge < -0.3 is 15.3 Å². The molecule has 0 radical (unpaired) electrons. The van der Waals surface area contributed by atoms with Gasteiger partial charge in [0.05, 0.1) is 22.1 Å². The maximum Gasteiger partial charge on any atom is 0.335 e. The number of anilines is 2. The Morgan fingerprint density at radius 2 is 1.89 bits per heavy atom. The van der Waals surface area contributed by atoms with Gasteiger partial charge in [0.1, 0.15) is 0 Å². The number of carboxylic acids is 1.